The molecule has 3 aromatic rings. The number of methoxy groups -OCH3 is 1. The molecule has 1 aromatic heterocycles. The van der Waals surface area contributed by atoms with Crippen molar-refractivity contribution < 1.29 is 24.5 Å². The molecular weight excluding hydrogens is 434 g/mol. The fraction of sp³-hybridized carbons (Fsp3) is 0.261. The number of amides is 1. The first kappa shape index (κ1) is 22.0. The van der Waals surface area contributed by atoms with E-state index in [0.29, 0.717) is 0 Å². The summed E-state index contributed by atoms with van der Waals surface area (Å²) >= 11 is 5.71. The number of aliphatic hydroxyl groups is 2. The smallest absolute Gasteiger partial charge is 0.407 e. The normalized spacial score (nSPS) is 14.2. The van der Waals surface area contributed by atoms with Crippen LogP contribution in [0.25, 0.3) is 11.1 Å². The molecule has 0 saturated carbocycles. The summed E-state index contributed by atoms with van der Waals surface area (Å²) < 4.78 is 10.5. The quantitative estimate of drug-likeness (QED) is 0.469. The standard InChI is InChI=1S/C23H22ClN3O5/c1-31-21-17(10-25-22(24)27-21)20(29)19(28)11-26-23(30)32-12-18-15-8-4-2-6-13(15)14-7-3-5-9-16(14)18/h2-10,18-20,28-29H,11-12H2,1H3,(H,26,30). The maximum atomic E-state index is 12.3. The highest BCUT2D eigenvalue weighted by molar-refractivity contribution is 6.28. The summed E-state index contributed by atoms with van der Waals surface area (Å²) in [6, 6.07) is 16.1. The number of rotatable bonds is 7. The fourth-order valence-corrected chi connectivity index (χ4v) is 4.00. The van der Waals surface area contributed by atoms with E-state index < -0.39 is 18.3 Å². The Kier molecular flexibility index (Phi) is 6.55. The van der Waals surface area contributed by atoms with Crippen molar-refractivity contribution in [2.75, 3.05) is 20.3 Å². The highest BCUT2D eigenvalue weighted by atomic mass is 35.5. The van der Waals surface area contributed by atoms with Gasteiger partial charge >= 0.3 is 6.09 Å². The van der Waals surface area contributed by atoms with Crippen LogP contribution >= 0.6 is 11.6 Å². The summed E-state index contributed by atoms with van der Waals surface area (Å²) in [5.74, 6) is -0.0307. The molecule has 32 heavy (non-hydrogen) atoms. The number of alkyl carbamates (subject to hydrolysis) is 1. The molecule has 0 fully saturated rings. The zero-order chi connectivity index (χ0) is 22.7. The van der Waals surface area contributed by atoms with Gasteiger partial charge in [-0.25, -0.2) is 9.78 Å². The van der Waals surface area contributed by atoms with Gasteiger partial charge in [0.05, 0.1) is 12.7 Å². The molecule has 0 radical (unpaired) electrons. The topological polar surface area (TPSA) is 114 Å². The lowest BCUT2D eigenvalue weighted by Gasteiger charge is -2.20. The van der Waals surface area contributed by atoms with Crippen LogP contribution < -0.4 is 10.1 Å². The van der Waals surface area contributed by atoms with Crippen molar-refractivity contribution in [3.63, 3.8) is 0 Å². The summed E-state index contributed by atoms with van der Waals surface area (Å²) in [5, 5.41) is 23.1. The molecule has 1 aliphatic rings. The number of nitrogens with one attached hydrogen (secondary N) is 1. The average Bonchev–Trinajstić information content (AvgIpc) is 3.14. The van der Waals surface area contributed by atoms with Crippen LogP contribution in [0.3, 0.4) is 0 Å². The first-order valence-corrected chi connectivity index (χ1v) is 10.4. The van der Waals surface area contributed by atoms with Gasteiger partial charge in [-0.2, -0.15) is 4.98 Å². The van der Waals surface area contributed by atoms with E-state index in [0.717, 1.165) is 22.3 Å². The average molecular weight is 456 g/mol. The van der Waals surface area contributed by atoms with E-state index in [2.05, 4.69) is 27.4 Å². The summed E-state index contributed by atoms with van der Waals surface area (Å²) in [6.07, 6.45) is -2.17. The second-order valence-electron chi connectivity index (χ2n) is 7.32. The summed E-state index contributed by atoms with van der Waals surface area (Å²) in [5.41, 5.74) is 4.63. The van der Waals surface area contributed by atoms with Gasteiger partial charge in [-0.3, -0.25) is 0 Å². The van der Waals surface area contributed by atoms with Crippen LogP contribution in [0.5, 0.6) is 5.88 Å². The van der Waals surface area contributed by atoms with Crippen molar-refractivity contribution in [3.05, 3.63) is 76.7 Å². The predicted molar refractivity (Wildman–Crippen MR) is 118 cm³/mol. The predicted octanol–water partition coefficient (Wildman–Crippen LogP) is 3.07. The van der Waals surface area contributed by atoms with E-state index in [1.807, 2.05) is 36.4 Å². The molecule has 2 atom stereocenters. The van der Waals surface area contributed by atoms with Crippen LogP contribution in [0.1, 0.15) is 28.7 Å². The Balaban J connectivity index is 1.35. The number of fused-ring (bicyclic) bond motifs is 3. The maximum absolute atomic E-state index is 12.3. The number of carbonyl (C=O) groups is 1. The molecule has 1 heterocycles. The number of nitrogens with zero attached hydrogens (tertiary/aromatic N) is 2. The Bertz CT molecular complexity index is 1080. The maximum Gasteiger partial charge on any atom is 0.407 e. The van der Waals surface area contributed by atoms with Gasteiger partial charge in [0.25, 0.3) is 0 Å². The number of hydrogen-bond acceptors (Lipinski definition) is 7. The number of benzene rings is 2. The summed E-state index contributed by atoms with van der Waals surface area (Å²) in [6.45, 7) is -0.0963. The largest absolute Gasteiger partial charge is 0.481 e. The first-order chi connectivity index (χ1) is 15.5. The van der Waals surface area contributed by atoms with E-state index >= 15 is 0 Å². The molecule has 0 saturated heterocycles. The first-order valence-electron chi connectivity index (χ1n) is 10.0. The lowest BCUT2D eigenvalue weighted by atomic mass is 9.98. The van der Waals surface area contributed by atoms with Gasteiger partial charge < -0.3 is 25.0 Å². The van der Waals surface area contributed by atoms with Crippen LogP contribution in [0.15, 0.2) is 54.7 Å². The van der Waals surface area contributed by atoms with Crippen LogP contribution in [0.4, 0.5) is 4.79 Å². The molecule has 3 N–H and O–H groups in total. The van der Waals surface area contributed by atoms with Gasteiger partial charge in [0.1, 0.15) is 18.8 Å². The Labute approximate surface area is 189 Å². The lowest BCUT2D eigenvalue weighted by molar-refractivity contribution is 0.0167. The van der Waals surface area contributed by atoms with Gasteiger partial charge in [-0.1, -0.05) is 48.5 Å². The summed E-state index contributed by atoms with van der Waals surface area (Å²) in [7, 11) is 1.36. The minimum atomic E-state index is -1.39. The molecule has 2 unspecified atom stereocenters. The minimum Gasteiger partial charge on any atom is -0.481 e. The number of ether oxygens (including phenoxy) is 2. The Morgan fingerprint density at radius 2 is 1.75 bits per heavy atom. The molecule has 9 heteroatoms. The molecule has 166 valence electrons. The highest BCUT2D eigenvalue weighted by Crippen LogP contribution is 2.44. The number of aliphatic hydroxyl groups excluding tert-OH is 2. The molecule has 1 aliphatic carbocycles. The van der Waals surface area contributed by atoms with E-state index in [4.69, 9.17) is 21.1 Å². The number of carbonyl (C=O) groups excluding carboxylic acids is 1. The number of aromatic nitrogens is 2. The third kappa shape index (κ3) is 4.38. The SMILES string of the molecule is COc1nc(Cl)ncc1C(O)C(O)CNC(=O)OCC1c2ccccc2-c2ccccc21. The molecule has 0 spiro atoms. The third-order valence-corrected chi connectivity index (χ3v) is 5.61. The molecule has 1 amide bonds. The van der Waals surface area contributed by atoms with Gasteiger partial charge in [0.2, 0.25) is 11.2 Å². The highest BCUT2D eigenvalue weighted by Gasteiger charge is 2.29. The zero-order valence-corrected chi connectivity index (χ0v) is 18.0. The number of halogens is 1. The van der Waals surface area contributed by atoms with Crippen LogP contribution in [0.2, 0.25) is 5.28 Å². The zero-order valence-electron chi connectivity index (χ0n) is 17.2. The van der Waals surface area contributed by atoms with Crippen molar-refractivity contribution in [1.82, 2.24) is 15.3 Å². The molecule has 0 aliphatic heterocycles. The van der Waals surface area contributed by atoms with Gasteiger partial charge in [0, 0.05) is 18.7 Å². The molecule has 2 aromatic carbocycles. The monoisotopic (exact) mass is 455 g/mol. The van der Waals surface area contributed by atoms with Crippen molar-refractivity contribution in [2.24, 2.45) is 0 Å². The van der Waals surface area contributed by atoms with E-state index in [-0.39, 0.29) is 35.8 Å². The fourth-order valence-electron chi connectivity index (χ4n) is 3.88. The molecule has 8 nitrogen and oxygen atoms in total. The van der Waals surface area contributed by atoms with E-state index in [1.165, 1.54) is 13.3 Å². The second kappa shape index (κ2) is 9.52. The lowest BCUT2D eigenvalue weighted by Crippen LogP contribution is -2.36. The molecule has 4 rings (SSSR count). The van der Waals surface area contributed by atoms with Gasteiger partial charge in [-0.15, -0.1) is 0 Å². The van der Waals surface area contributed by atoms with E-state index in [1.54, 1.807) is 0 Å². The Morgan fingerprint density at radius 1 is 1.12 bits per heavy atom. The van der Waals surface area contributed by atoms with Crippen molar-refractivity contribution in [3.8, 4) is 17.0 Å². The van der Waals surface area contributed by atoms with Crippen molar-refractivity contribution >= 4 is 17.7 Å². The van der Waals surface area contributed by atoms with Crippen LogP contribution in [-0.4, -0.2) is 52.6 Å². The van der Waals surface area contributed by atoms with Gasteiger partial charge in [-0.05, 0) is 33.9 Å². The van der Waals surface area contributed by atoms with E-state index in [9.17, 15) is 15.0 Å². The Hall–Kier alpha value is -3.20. The molecular formula is C23H22ClN3O5. The van der Waals surface area contributed by atoms with Crippen molar-refractivity contribution in [2.45, 2.75) is 18.1 Å². The second-order valence-corrected chi connectivity index (χ2v) is 7.66. The molecule has 0 bridgehead atoms. The third-order valence-electron chi connectivity index (χ3n) is 5.43. The Morgan fingerprint density at radius 3 is 2.38 bits per heavy atom. The number of hydrogen-bond donors (Lipinski definition) is 3. The minimum absolute atomic E-state index is 0.0395. The van der Waals surface area contributed by atoms with Crippen LogP contribution in [-0.2, 0) is 4.74 Å². The van der Waals surface area contributed by atoms with Crippen LogP contribution in [0, 0.1) is 0 Å². The van der Waals surface area contributed by atoms with Crippen molar-refractivity contribution in [1.29, 1.82) is 0 Å². The summed E-state index contributed by atoms with van der Waals surface area (Å²) in [4.78, 5) is 19.9. The van der Waals surface area contributed by atoms with Gasteiger partial charge in [0.15, 0.2) is 0 Å².